The summed E-state index contributed by atoms with van der Waals surface area (Å²) in [5.74, 6) is -0.426. The second-order valence-electron chi connectivity index (χ2n) is 7.76. The van der Waals surface area contributed by atoms with Crippen molar-refractivity contribution < 1.29 is 14.3 Å². The number of hydrogen-bond acceptors (Lipinski definition) is 5. The summed E-state index contributed by atoms with van der Waals surface area (Å²) in [6.07, 6.45) is 8.27. The van der Waals surface area contributed by atoms with E-state index in [0.717, 1.165) is 28.3 Å². The number of nitrogens with zero attached hydrogens (tertiary/aromatic N) is 3. The molecule has 7 heteroatoms. The van der Waals surface area contributed by atoms with Gasteiger partial charge in [0.05, 0.1) is 30.1 Å². The number of amides is 1. The average molecular weight is 455 g/mol. The van der Waals surface area contributed by atoms with E-state index >= 15 is 0 Å². The second kappa shape index (κ2) is 10.6. The van der Waals surface area contributed by atoms with Crippen LogP contribution in [-0.2, 0) is 16.0 Å². The smallest absolute Gasteiger partial charge is 0.306 e. The van der Waals surface area contributed by atoms with Gasteiger partial charge in [0.15, 0.2) is 0 Å². The van der Waals surface area contributed by atoms with E-state index in [2.05, 4.69) is 15.3 Å². The lowest BCUT2D eigenvalue weighted by molar-refractivity contribution is -0.143. The van der Waals surface area contributed by atoms with Gasteiger partial charge >= 0.3 is 5.97 Å². The molecule has 0 saturated carbocycles. The summed E-state index contributed by atoms with van der Waals surface area (Å²) in [5, 5.41) is 2.94. The predicted octanol–water partition coefficient (Wildman–Crippen LogP) is 4.96. The number of anilines is 1. The minimum absolute atomic E-state index is 0.195. The van der Waals surface area contributed by atoms with Gasteiger partial charge in [-0.1, -0.05) is 24.3 Å². The van der Waals surface area contributed by atoms with Gasteiger partial charge in [0.25, 0.3) is 5.91 Å². The molecule has 0 atom stereocenters. The number of imidazole rings is 1. The average Bonchev–Trinajstić information content (AvgIpc) is 3.17. The van der Waals surface area contributed by atoms with E-state index in [1.54, 1.807) is 25.3 Å². The summed E-state index contributed by atoms with van der Waals surface area (Å²) < 4.78 is 6.91. The van der Waals surface area contributed by atoms with Crippen molar-refractivity contribution in [2.75, 3.05) is 11.9 Å². The first-order valence-corrected chi connectivity index (χ1v) is 11.2. The molecule has 4 rings (SSSR count). The Hall–Kier alpha value is -4.26. The molecule has 1 amide bonds. The third kappa shape index (κ3) is 5.56. The summed E-state index contributed by atoms with van der Waals surface area (Å²) in [6.45, 7) is 4.11. The van der Waals surface area contributed by atoms with Crippen molar-refractivity contribution in [3.63, 3.8) is 0 Å². The second-order valence-corrected chi connectivity index (χ2v) is 7.76. The highest BCUT2D eigenvalue weighted by atomic mass is 16.5. The van der Waals surface area contributed by atoms with Gasteiger partial charge in [-0.25, -0.2) is 4.98 Å². The number of carbonyl (C=O) groups excluding carboxylic acids is 2. The quantitative estimate of drug-likeness (QED) is 0.381. The molecule has 4 aromatic rings. The topological polar surface area (TPSA) is 85.6 Å². The van der Waals surface area contributed by atoms with Gasteiger partial charge in [-0.2, -0.15) is 0 Å². The highest BCUT2D eigenvalue weighted by molar-refractivity contribution is 6.04. The molecular formula is C27H26N4O3. The minimum Gasteiger partial charge on any atom is -0.466 e. The maximum Gasteiger partial charge on any atom is 0.306 e. The van der Waals surface area contributed by atoms with Crippen LogP contribution in [0.1, 0.15) is 46.3 Å². The maximum absolute atomic E-state index is 12.8. The highest BCUT2D eigenvalue weighted by Gasteiger charge is 2.12. The maximum atomic E-state index is 12.8. The number of nitrogens with one attached hydrogen (secondary N) is 1. The first kappa shape index (κ1) is 22.9. The molecule has 0 saturated heterocycles. The van der Waals surface area contributed by atoms with Crippen molar-refractivity contribution in [3.8, 4) is 0 Å². The third-order valence-electron chi connectivity index (χ3n) is 5.39. The molecule has 0 aliphatic carbocycles. The van der Waals surface area contributed by atoms with E-state index in [1.165, 1.54) is 0 Å². The first-order valence-electron chi connectivity index (χ1n) is 11.2. The number of esters is 1. The van der Waals surface area contributed by atoms with Crippen LogP contribution in [0.3, 0.4) is 0 Å². The van der Waals surface area contributed by atoms with Crippen LogP contribution in [-0.4, -0.2) is 32.9 Å². The van der Waals surface area contributed by atoms with Crippen LogP contribution in [0.15, 0.2) is 67.0 Å². The van der Waals surface area contributed by atoms with Gasteiger partial charge in [0.2, 0.25) is 0 Å². The standard InChI is InChI=1S/C27H26N4O3/c1-3-34-26(32)16-14-24-19(2)31-18-23(13-15-25(31)30-24)29-27(33)21-10-7-20(8-11-21)9-12-22-6-4-5-17-28-22/h4-13,15,17-18H,3,14,16H2,1-2H3,(H,29,33). The van der Waals surface area contributed by atoms with Crippen LogP contribution in [0, 0.1) is 6.92 Å². The van der Waals surface area contributed by atoms with Gasteiger partial charge in [0, 0.05) is 30.1 Å². The molecular weight excluding hydrogens is 428 g/mol. The molecule has 0 fully saturated rings. The summed E-state index contributed by atoms with van der Waals surface area (Å²) in [7, 11) is 0. The van der Waals surface area contributed by atoms with Crippen molar-refractivity contribution in [1.82, 2.24) is 14.4 Å². The molecule has 0 spiro atoms. The molecule has 3 heterocycles. The number of benzene rings is 1. The van der Waals surface area contributed by atoms with Crippen molar-refractivity contribution in [3.05, 3.63) is 95.2 Å². The predicted molar refractivity (Wildman–Crippen MR) is 132 cm³/mol. The van der Waals surface area contributed by atoms with E-state index < -0.39 is 0 Å². The lowest BCUT2D eigenvalue weighted by Gasteiger charge is -2.07. The van der Waals surface area contributed by atoms with Crippen molar-refractivity contribution in [2.24, 2.45) is 0 Å². The number of rotatable bonds is 8. The molecule has 0 aliphatic rings. The number of aromatic nitrogens is 3. The fourth-order valence-electron chi connectivity index (χ4n) is 3.58. The van der Waals surface area contributed by atoms with Gasteiger partial charge in [-0.05, 0) is 61.9 Å². The third-order valence-corrected chi connectivity index (χ3v) is 5.39. The number of pyridine rings is 2. The number of aryl methyl sites for hydroxylation is 2. The van der Waals surface area contributed by atoms with E-state index in [4.69, 9.17) is 4.74 Å². The Morgan fingerprint density at radius 1 is 1.06 bits per heavy atom. The summed E-state index contributed by atoms with van der Waals surface area (Å²) >= 11 is 0. The van der Waals surface area contributed by atoms with Crippen molar-refractivity contribution in [2.45, 2.75) is 26.7 Å². The molecule has 3 aromatic heterocycles. The Bertz CT molecular complexity index is 1330. The Labute approximate surface area is 198 Å². The monoisotopic (exact) mass is 454 g/mol. The Morgan fingerprint density at radius 2 is 1.88 bits per heavy atom. The molecule has 34 heavy (non-hydrogen) atoms. The molecule has 1 aromatic carbocycles. The minimum atomic E-state index is -0.231. The molecule has 172 valence electrons. The van der Waals surface area contributed by atoms with Crippen LogP contribution in [0.4, 0.5) is 5.69 Å². The van der Waals surface area contributed by atoms with E-state index in [0.29, 0.717) is 24.3 Å². The lowest BCUT2D eigenvalue weighted by Crippen LogP contribution is -2.12. The number of ether oxygens (including phenoxy) is 1. The van der Waals surface area contributed by atoms with Gasteiger partial charge in [0.1, 0.15) is 5.65 Å². The van der Waals surface area contributed by atoms with E-state index in [1.807, 2.05) is 72.1 Å². The summed E-state index contributed by atoms with van der Waals surface area (Å²) in [4.78, 5) is 33.3. The highest BCUT2D eigenvalue weighted by Crippen LogP contribution is 2.18. The van der Waals surface area contributed by atoms with Crippen LogP contribution in [0.25, 0.3) is 17.8 Å². The van der Waals surface area contributed by atoms with Crippen LogP contribution in [0.2, 0.25) is 0 Å². The summed E-state index contributed by atoms with van der Waals surface area (Å²) in [5.41, 5.74) is 5.61. The zero-order valence-electron chi connectivity index (χ0n) is 19.2. The molecule has 7 nitrogen and oxygen atoms in total. The van der Waals surface area contributed by atoms with Crippen LogP contribution in [0.5, 0.6) is 0 Å². The molecule has 0 aliphatic heterocycles. The fourth-order valence-corrected chi connectivity index (χ4v) is 3.58. The first-order chi connectivity index (χ1) is 16.5. The Balaban J connectivity index is 1.42. The normalized spacial score (nSPS) is 11.1. The molecule has 1 N–H and O–H groups in total. The van der Waals surface area contributed by atoms with Crippen LogP contribution >= 0.6 is 0 Å². The SMILES string of the molecule is CCOC(=O)CCc1nc2ccc(NC(=O)c3ccc(C=Cc4ccccn4)cc3)cn2c1C. The number of carbonyl (C=O) groups is 2. The van der Waals surface area contributed by atoms with Crippen LogP contribution < -0.4 is 5.32 Å². The Kier molecular flexibility index (Phi) is 7.13. The van der Waals surface area contributed by atoms with Crippen molar-refractivity contribution in [1.29, 1.82) is 0 Å². The lowest BCUT2D eigenvalue weighted by atomic mass is 10.1. The summed E-state index contributed by atoms with van der Waals surface area (Å²) in [6, 6.07) is 16.8. The van der Waals surface area contributed by atoms with E-state index in [9.17, 15) is 9.59 Å². The largest absolute Gasteiger partial charge is 0.466 e. The van der Waals surface area contributed by atoms with Gasteiger partial charge in [-0.3, -0.25) is 14.6 Å². The van der Waals surface area contributed by atoms with E-state index in [-0.39, 0.29) is 18.3 Å². The fraction of sp³-hybridized carbons (Fsp3) is 0.185. The van der Waals surface area contributed by atoms with Gasteiger partial charge < -0.3 is 14.5 Å². The van der Waals surface area contributed by atoms with Gasteiger partial charge in [-0.15, -0.1) is 0 Å². The molecule has 0 radical (unpaired) electrons. The van der Waals surface area contributed by atoms with Crippen molar-refractivity contribution >= 4 is 35.4 Å². The number of hydrogen-bond donors (Lipinski definition) is 1. The zero-order chi connectivity index (χ0) is 23.9. The zero-order valence-corrected chi connectivity index (χ0v) is 19.2. The molecule has 0 unspecified atom stereocenters. The molecule has 0 bridgehead atoms. The Morgan fingerprint density at radius 3 is 2.62 bits per heavy atom. The number of fused-ring (bicyclic) bond motifs is 1.